The molecule has 0 radical (unpaired) electrons. The summed E-state index contributed by atoms with van der Waals surface area (Å²) >= 11 is 0. The van der Waals surface area contributed by atoms with Crippen molar-refractivity contribution in [3.8, 4) is 0 Å². The van der Waals surface area contributed by atoms with Gasteiger partial charge in [0.25, 0.3) is 0 Å². The monoisotopic (exact) mass is 339 g/mol. The molecule has 2 amide bonds. The van der Waals surface area contributed by atoms with Gasteiger partial charge < -0.3 is 10.6 Å². The molecule has 1 heterocycles. The first-order valence-corrected chi connectivity index (χ1v) is 9.00. The van der Waals surface area contributed by atoms with Crippen LogP contribution in [-0.2, 0) is 0 Å². The number of hydrogen-bond donors (Lipinski definition) is 2. The topological polar surface area (TPSA) is 54.0 Å². The molecule has 1 aromatic heterocycles. The Hall–Kier alpha value is -2.36. The molecule has 0 saturated carbocycles. The summed E-state index contributed by atoms with van der Waals surface area (Å²) in [6.45, 7) is 9.04. The van der Waals surface area contributed by atoms with Gasteiger partial charge in [0.1, 0.15) is 0 Å². The van der Waals surface area contributed by atoms with Gasteiger partial charge in [-0.05, 0) is 42.4 Å². The average molecular weight is 339 g/mol. The molecule has 0 aliphatic heterocycles. The van der Waals surface area contributed by atoms with Gasteiger partial charge in [0.15, 0.2) is 0 Å². The summed E-state index contributed by atoms with van der Waals surface area (Å²) in [6, 6.07) is 14.1. The maximum atomic E-state index is 12.3. The van der Waals surface area contributed by atoms with E-state index in [1.807, 2.05) is 37.3 Å². The molecule has 1 aromatic carbocycles. The second kappa shape index (κ2) is 9.21. The van der Waals surface area contributed by atoms with Gasteiger partial charge in [-0.2, -0.15) is 0 Å². The Balaban J connectivity index is 1.87. The van der Waals surface area contributed by atoms with Crippen molar-refractivity contribution in [2.24, 2.45) is 5.92 Å². The van der Waals surface area contributed by atoms with Crippen molar-refractivity contribution in [3.63, 3.8) is 0 Å². The van der Waals surface area contributed by atoms with E-state index in [0.717, 1.165) is 17.7 Å². The lowest BCUT2D eigenvalue weighted by atomic mass is 9.97. The van der Waals surface area contributed by atoms with Crippen molar-refractivity contribution < 1.29 is 4.79 Å². The third-order valence-electron chi connectivity index (χ3n) is 4.53. The fraction of sp³-hybridized carbons (Fsp3) is 0.429. The zero-order valence-electron chi connectivity index (χ0n) is 15.6. The molecule has 0 spiro atoms. The van der Waals surface area contributed by atoms with Crippen LogP contribution < -0.4 is 10.6 Å². The fourth-order valence-electron chi connectivity index (χ4n) is 2.92. The van der Waals surface area contributed by atoms with E-state index in [1.165, 1.54) is 5.56 Å². The summed E-state index contributed by atoms with van der Waals surface area (Å²) < 4.78 is 0. The van der Waals surface area contributed by atoms with Gasteiger partial charge in [-0.1, -0.05) is 57.2 Å². The summed E-state index contributed by atoms with van der Waals surface area (Å²) in [7, 11) is 0. The van der Waals surface area contributed by atoms with Crippen LogP contribution in [0.15, 0.2) is 48.7 Å². The van der Waals surface area contributed by atoms with Gasteiger partial charge in [-0.25, -0.2) is 4.79 Å². The zero-order valence-corrected chi connectivity index (χ0v) is 15.6. The molecule has 0 aliphatic rings. The van der Waals surface area contributed by atoms with Crippen molar-refractivity contribution in [1.82, 2.24) is 15.6 Å². The Kier molecular flexibility index (Phi) is 6.99. The SMILES string of the molecule is Cc1cccnc1C(NC(=O)NCCC(C)c1ccccc1)C(C)C. The highest BCUT2D eigenvalue weighted by Gasteiger charge is 2.21. The van der Waals surface area contributed by atoms with E-state index in [2.05, 4.69) is 48.5 Å². The number of benzene rings is 1. The lowest BCUT2D eigenvalue weighted by Gasteiger charge is -2.23. The Labute approximate surface area is 151 Å². The normalized spacial score (nSPS) is 13.3. The highest BCUT2D eigenvalue weighted by atomic mass is 16.2. The average Bonchev–Trinajstić information content (AvgIpc) is 2.61. The highest BCUT2D eigenvalue weighted by molar-refractivity contribution is 5.74. The van der Waals surface area contributed by atoms with Crippen LogP contribution in [0.5, 0.6) is 0 Å². The highest BCUT2D eigenvalue weighted by Crippen LogP contribution is 2.22. The van der Waals surface area contributed by atoms with Gasteiger partial charge in [0.05, 0.1) is 11.7 Å². The zero-order chi connectivity index (χ0) is 18.2. The number of amides is 2. The van der Waals surface area contributed by atoms with E-state index in [0.29, 0.717) is 12.5 Å². The number of aryl methyl sites for hydroxylation is 1. The lowest BCUT2D eigenvalue weighted by Crippen LogP contribution is -2.40. The second-order valence-electron chi connectivity index (χ2n) is 6.93. The predicted octanol–water partition coefficient (Wildman–Crippen LogP) is 4.58. The maximum Gasteiger partial charge on any atom is 0.315 e. The van der Waals surface area contributed by atoms with E-state index in [-0.39, 0.29) is 18.0 Å². The molecule has 0 fully saturated rings. The van der Waals surface area contributed by atoms with Crippen LogP contribution in [-0.4, -0.2) is 17.6 Å². The number of aromatic nitrogens is 1. The Morgan fingerprint density at radius 3 is 2.44 bits per heavy atom. The van der Waals surface area contributed by atoms with Crippen molar-refractivity contribution in [3.05, 3.63) is 65.5 Å². The van der Waals surface area contributed by atoms with Crippen molar-refractivity contribution in [1.29, 1.82) is 0 Å². The number of rotatable bonds is 7. The Morgan fingerprint density at radius 1 is 1.08 bits per heavy atom. The molecule has 2 atom stereocenters. The Morgan fingerprint density at radius 2 is 1.80 bits per heavy atom. The molecule has 4 nitrogen and oxygen atoms in total. The summed E-state index contributed by atoms with van der Waals surface area (Å²) in [5.74, 6) is 0.683. The van der Waals surface area contributed by atoms with Crippen LogP contribution in [0.4, 0.5) is 4.79 Å². The quantitative estimate of drug-likeness (QED) is 0.776. The molecule has 4 heteroatoms. The van der Waals surface area contributed by atoms with Crippen LogP contribution in [0.3, 0.4) is 0 Å². The van der Waals surface area contributed by atoms with Gasteiger partial charge in [0, 0.05) is 12.7 Å². The molecule has 2 rings (SSSR count). The molecule has 25 heavy (non-hydrogen) atoms. The third-order valence-corrected chi connectivity index (χ3v) is 4.53. The smallest absolute Gasteiger partial charge is 0.315 e. The summed E-state index contributed by atoms with van der Waals surface area (Å²) in [4.78, 5) is 16.8. The van der Waals surface area contributed by atoms with E-state index in [1.54, 1.807) is 6.20 Å². The number of nitrogens with one attached hydrogen (secondary N) is 2. The number of urea groups is 1. The number of carbonyl (C=O) groups is 1. The maximum absolute atomic E-state index is 12.3. The van der Waals surface area contributed by atoms with Crippen LogP contribution >= 0.6 is 0 Å². The first-order valence-electron chi connectivity index (χ1n) is 9.00. The summed E-state index contributed by atoms with van der Waals surface area (Å²) in [5.41, 5.74) is 3.33. The summed E-state index contributed by atoms with van der Waals surface area (Å²) in [6.07, 6.45) is 2.69. The largest absolute Gasteiger partial charge is 0.338 e. The number of carbonyl (C=O) groups excluding carboxylic acids is 1. The van der Waals surface area contributed by atoms with Gasteiger partial charge in [0.2, 0.25) is 0 Å². The number of hydrogen-bond acceptors (Lipinski definition) is 2. The van der Waals surface area contributed by atoms with E-state index in [9.17, 15) is 4.79 Å². The molecule has 0 bridgehead atoms. The number of pyridine rings is 1. The fourth-order valence-corrected chi connectivity index (χ4v) is 2.92. The lowest BCUT2D eigenvalue weighted by molar-refractivity contribution is 0.232. The van der Waals surface area contributed by atoms with Crippen molar-refractivity contribution >= 4 is 6.03 Å². The summed E-state index contributed by atoms with van der Waals surface area (Å²) in [5, 5.41) is 6.05. The second-order valence-corrected chi connectivity index (χ2v) is 6.93. The first kappa shape index (κ1) is 19.0. The van der Waals surface area contributed by atoms with Gasteiger partial charge in [-0.3, -0.25) is 4.98 Å². The van der Waals surface area contributed by atoms with E-state index < -0.39 is 0 Å². The Bertz CT molecular complexity index is 670. The van der Waals surface area contributed by atoms with Crippen LogP contribution in [0.1, 0.15) is 56.0 Å². The van der Waals surface area contributed by atoms with Crippen molar-refractivity contribution in [2.45, 2.75) is 46.1 Å². The number of nitrogens with zero attached hydrogens (tertiary/aromatic N) is 1. The molecule has 0 saturated heterocycles. The predicted molar refractivity (Wildman–Crippen MR) is 103 cm³/mol. The molecular weight excluding hydrogens is 310 g/mol. The molecule has 134 valence electrons. The molecule has 0 aliphatic carbocycles. The standard InChI is InChI=1S/C21H29N3O/c1-15(2)19(20-17(4)9-8-13-22-20)24-21(25)23-14-12-16(3)18-10-6-5-7-11-18/h5-11,13,15-16,19H,12,14H2,1-4H3,(H2,23,24,25). The van der Waals surface area contributed by atoms with E-state index in [4.69, 9.17) is 0 Å². The van der Waals surface area contributed by atoms with Crippen molar-refractivity contribution in [2.75, 3.05) is 6.54 Å². The first-order chi connectivity index (χ1) is 12.0. The third kappa shape index (κ3) is 5.59. The molecular formula is C21H29N3O. The molecule has 2 unspecified atom stereocenters. The molecule has 2 aromatic rings. The van der Waals surface area contributed by atoms with Crippen LogP contribution in [0.25, 0.3) is 0 Å². The minimum absolute atomic E-state index is 0.0900. The minimum atomic E-state index is -0.135. The molecule has 2 N–H and O–H groups in total. The minimum Gasteiger partial charge on any atom is -0.338 e. The van der Waals surface area contributed by atoms with Crippen LogP contribution in [0.2, 0.25) is 0 Å². The van der Waals surface area contributed by atoms with Gasteiger partial charge >= 0.3 is 6.03 Å². The van der Waals surface area contributed by atoms with Gasteiger partial charge in [-0.15, -0.1) is 0 Å². The van der Waals surface area contributed by atoms with E-state index >= 15 is 0 Å². The van der Waals surface area contributed by atoms with Crippen LogP contribution in [0, 0.1) is 12.8 Å².